The highest BCUT2D eigenvalue weighted by Crippen LogP contribution is 2.28. The van der Waals surface area contributed by atoms with Crippen molar-refractivity contribution < 1.29 is 4.79 Å². The summed E-state index contributed by atoms with van der Waals surface area (Å²) in [5.41, 5.74) is 5.65. The van der Waals surface area contributed by atoms with Gasteiger partial charge in [-0.25, -0.2) is 0 Å². The monoisotopic (exact) mass is 463 g/mol. The molecule has 2 heterocycles. The van der Waals surface area contributed by atoms with E-state index in [-0.39, 0.29) is 11.7 Å². The van der Waals surface area contributed by atoms with Crippen molar-refractivity contribution >= 4 is 35.0 Å². The Labute approximate surface area is 196 Å². The van der Waals surface area contributed by atoms with Crippen LogP contribution in [0.5, 0.6) is 0 Å². The highest BCUT2D eigenvalue weighted by Gasteiger charge is 2.18. The fraction of sp³-hybridized carbons (Fsp3) is 0.167. The number of nitrogens with one attached hydrogen (secondary N) is 1. The smallest absolute Gasteiger partial charge is 0.234 e. The number of amides is 1. The van der Waals surface area contributed by atoms with Gasteiger partial charge in [-0.15, -0.1) is 10.2 Å². The van der Waals surface area contributed by atoms with Crippen LogP contribution in [-0.2, 0) is 4.79 Å². The second-order valence-electron chi connectivity index (χ2n) is 7.44. The van der Waals surface area contributed by atoms with Crippen LogP contribution in [0, 0.1) is 20.8 Å². The van der Waals surface area contributed by atoms with Gasteiger partial charge in [0.25, 0.3) is 0 Å². The highest BCUT2D eigenvalue weighted by molar-refractivity contribution is 7.99. The zero-order chi connectivity index (χ0) is 22.7. The van der Waals surface area contributed by atoms with Crippen LogP contribution >= 0.6 is 23.4 Å². The number of rotatable bonds is 6. The summed E-state index contributed by atoms with van der Waals surface area (Å²) < 4.78 is 1.89. The van der Waals surface area contributed by atoms with Gasteiger partial charge in [0, 0.05) is 22.6 Å². The second-order valence-corrected chi connectivity index (χ2v) is 8.82. The lowest BCUT2D eigenvalue weighted by molar-refractivity contribution is -0.113. The lowest BCUT2D eigenvalue weighted by Crippen LogP contribution is -2.16. The average Bonchev–Trinajstić information content (AvgIpc) is 3.20. The van der Waals surface area contributed by atoms with Gasteiger partial charge in [-0.3, -0.25) is 14.3 Å². The maximum Gasteiger partial charge on any atom is 0.234 e. The van der Waals surface area contributed by atoms with Gasteiger partial charge < -0.3 is 5.32 Å². The first-order valence-electron chi connectivity index (χ1n) is 10.1. The molecule has 0 fully saturated rings. The Morgan fingerprint density at radius 1 is 1.03 bits per heavy atom. The van der Waals surface area contributed by atoms with E-state index in [9.17, 15) is 4.79 Å². The highest BCUT2D eigenvalue weighted by atomic mass is 35.5. The molecule has 1 amide bonds. The van der Waals surface area contributed by atoms with Gasteiger partial charge in [0.1, 0.15) is 5.69 Å². The van der Waals surface area contributed by atoms with Crippen LogP contribution in [0.4, 0.5) is 5.69 Å². The topological polar surface area (TPSA) is 72.7 Å². The van der Waals surface area contributed by atoms with Crippen LogP contribution in [0.1, 0.15) is 16.7 Å². The van der Waals surface area contributed by atoms with E-state index >= 15 is 0 Å². The summed E-state index contributed by atoms with van der Waals surface area (Å²) in [6.45, 7) is 6.04. The Morgan fingerprint density at radius 2 is 1.75 bits per heavy atom. The van der Waals surface area contributed by atoms with Gasteiger partial charge >= 0.3 is 0 Å². The van der Waals surface area contributed by atoms with Crippen LogP contribution in [0.15, 0.2) is 66.0 Å². The van der Waals surface area contributed by atoms with E-state index < -0.39 is 0 Å². The molecule has 2 aromatic carbocycles. The number of nitrogens with zero attached hydrogens (tertiary/aromatic N) is 4. The van der Waals surface area contributed by atoms with E-state index in [1.54, 1.807) is 6.20 Å². The summed E-state index contributed by atoms with van der Waals surface area (Å²) in [6, 6.07) is 17.1. The number of hydrogen-bond donors (Lipinski definition) is 1. The first kappa shape index (κ1) is 22.0. The molecule has 4 rings (SSSR count). The third-order valence-corrected chi connectivity index (χ3v) is 6.07. The van der Waals surface area contributed by atoms with Crippen molar-refractivity contribution in [2.45, 2.75) is 25.9 Å². The summed E-state index contributed by atoms with van der Waals surface area (Å²) in [5, 5.41) is 13.0. The van der Waals surface area contributed by atoms with Crippen molar-refractivity contribution in [2.75, 3.05) is 11.1 Å². The van der Waals surface area contributed by atoms with Crippen molar-refractivity contribution in [2.24, 2.45) is 0 Å². The number of carbonyl (C=O) groups is 1. The standard InChI is InChI=1S/C24H22ClN5OS/c1-15-12-16(2)22(17(3)13-15)27-21(31)14-32-24-29-28-23(20-6-4-5-11-26-20)30(24)19-9-7-18(25)8-10-19/h4-13H,14H2,1-3H3,(H,27,31). The molecular formula is C24H22ClN5OS. The Bertz CT molecular complexity index is 1230. The molecule has 1 N–H and O–H groups in total. The molecule has 0 unspecified atom stereocenters. The Hall–Kier alpha value is -3.16. The van der Waals surface area contributed by atoms with Gasteiger partial charge in [-0.2, -0.15) is 0 Å². The maximum absolute atomic E-state index is 12.7. The summed E-state index contributed by atoms with van der Waals surface area (Å²) in [7, 11) is 0. The molecule has 0 radical (unpaired) electrons. The number of aryl methyl sites for hydroxylation is 3. The summed E-state index contributed by atoms with van der Waals surface area (Å²) >= 11 is 7.39. The molecule has 0 bridgehead atoms. The SMILES string of the molecule is Cc1cc(C)c(NC(=O)CSc2nnc(-c3ccccn3)n2-c2ccc(Cl)cc2)c(C)c1. The lowest BCUT2D eigenvalue weighted by atomic mass is 10.1. The molecule has 0 saturated carbocycles. The zero-order valence-corrected chi connectivity index (χ0v) is 19.5. The number of hydrogen-bond acceptors (Lipinski definition) is 5. The van der Waals surface area contributed by atoms with Gasteiger partial charge in [-0.05, 0) is 68.3 Å². The molecule has 0 spiro atoms. The molecule has 0 saturated heterocycles. The van der Waals surface area contributed by atoms with Crippen molar-refractivity contribution in [3.63, 3.8) is 0 Å². The van der Waals surface area contributed by atoms with E-state index in [2.05, 4.69) is 32.6 Å². The first-order chi connectivity index (χ1) is 15.4. The number of aromatic nitrogens is 4. The fourth-order valence-corrected chi connectivity index (χ4v) is 4.41. The Kier molecular flexibility index (Phi) is 6.58. The third-order valence-electron chi connectivity index (χ3n) is 4.89. The van der Waals surface area contributed by atoms with E-state index in [1.807, 2.05) is 67.8 Å². The number of thioether (sulfide) groups is 1. The van der Waals surface area contributed by atoms with Crippen LogP contribution in [-0.4, -0.2) is 31.4 Å². The Morgan fingerprint density at radius 3 is 2.41 bits per heavy atom. The number of pyridine rings is 1. The van der Waals surface area contributed by atoms with E-state index in [0.717, 1.165) is 22.5 Å². The number of anilines is 1. The van der Waals surface area contributed by atoms with E-state index in [1.165, 1.54) is 17.3 Å². The summed E-state index contributed by atoms with van der Waals surface area (Å²) in [6.07, 6.45) is 1.71. The van der Waals surface area contributed by atoms with Crippen LogP contribution in [0.2, 0.25) is 5.02 Å². The first-order valence-corrected chi connectivity index (χ1v) is 11.4. The minimum atomic E-state index is -0.102. The molecule has 6 nitrogen and oxygen atoms in total. The van der Waals surface area contributed by atoms with Crippen LogP contribution in [0.3, 0.4) is 0 Å². The molecule has 0 aliphatic carbocycles. The normalized spacial score (nSPS) is 10.9. The number of halogens is 1. The van der Waals surface area contributed by atoms with Crippen LogP contribution in [0.25, 0.3) is 17.2 Å². The predicted octanol–water partition coefficient (Wildman–Crippen LogP) is 5.64. The quantitative estimate of drug-likeness (QED) is 0.374. The van der Waals surface area contributed by atoms with Crippen LogP contribution < -0.4 is 5.32 Å². The molecule has 8 heteroatoms. The number of benzene rings is 2. The fourth-order valence-electron chi connectivity index (χ4n) is 3.53. The maximum atomic E-state index is 12.7. The molecule has 162 valence electrons. The van der Waals surface area contributed by atoms with E-state index in [0.29, 0.717) is 21.7 Å². The van der Waals surface area contributed by atoms with Gasteiger partial charge in [0.15, 0.2) is 11.0 Å². The minimum absolute atomic E-state index is 0.102. The molecule has 0 atom stereocenters. The third kappa shape index (κ3) is 4.84. The zero-order valence-electron chi connectivity index (χ0n) is 18.0. The molecule has 4 aromatic rings. The largest absolute Gasteiger partial charge is 0.325 e. The molecule has 0 aliphatic rings. The molecule has 32 heavy (non-hydrogen) atoms. The summed E-state index contributed by atoms with van der Waals surface area (Å²) in [4.78, 5) is 17.1. The number of carbonyl (C=O) groups excluding carboxylic acids is 1. The summed E-state index contributed by atoms with van der Waals surface area (Å²) in [5.74, 6) is 0.692. The average molecular weight is 464 g/mol. The second kappa shape index (κ2) is 9.54. The van der Waals surface area contributed by atoms with Crippen molar-refractivity contribution in [3.8, 4) is 17.2 Å². The molecule has 0 aliphatic heterocycles. The lowest BCUT2D eigenvalue weighted by Gasteiger charge is -2.13. The van der Waals surface area contributed by atoms with Crippen molar-refractivity contribution in [1.29, 1.82) is 0 Å². The van der Waals surface area contributed by atoms with E-state index in [4.69, 9.17) is 11.6 Å². The van der Waals surface area contributed by atoms with Gasteiger partial charge in [0.2, 0.25) is 5.91 Å². The Balaban J connectivity index is 1.59. The van der Waals surface area contributed by atoms with Gasteiger partial charge in [0.05, 0.1) is 5.75 Å². The van der Waals surface area contributed by atoms with Crippen molar-refractivity contribution in [3.05, 3.63) is 82.5 Å². The molecule has 2 aromatic heterocycles. The minimum Gasteiger partial charge on any atom is -0.325 e. The predicted molar refractivity (Wildman–Crippen MR) is 130 cm³/mol. The van der Waals surface area contributed by atoms with Gasteiger partial charge in [-0.1, -0.05) is 47.1 Å². The molecular weight excluding hydrogens is 442 g/mol. The van der Waals surface area contributed by atoms with Crippen molar-refractivity contribution in [1.82, 2.24) is 19.7 Å².